The molecule has 0 saturated heterocycles. The Hall–Kier alpha value is -1.91. The molecule has 1 aromatic carbocycles. The van der Waals surface area contributed by atoms with E-state index in [4.69, 9.17) is 9.47 Å². The molecule has 1 aromatic rings. The Kier molecular flexibility index (Phi) is 5.34. The minimum atomic E-state index is 0.604. The fourth-order valence-electron chi connectivity index (χ4n) is 1.82. The number of guanidine groups is 1. The predicted molar refractivity (Wildman–Crippen MR) is 76.0 cm³/mol. The van der Waals surface area contributed by atoms with E-state index in [1.807, 2.05) is 24.3 Å². The van der Waals surface area contributed by atoms with Gasteiger partial charge >= 0.3 is 0 Å². The van der Waals surface area contributed by atoms with Crippen LogP contribution in [-0.4, -0.2) is 39.3 Å². The largest absolute Gasteiger partial charge is 0.497 e. The van der Waals surface area contributed by atoms with Gasteiger partial charge in [0.15, 0.2) is 5.96 Å². The van der Waals surface area contributed by atoms with Gasteiger partial charge in [0.25, 0.3) is 0 Å². The van der Waals surface area contributed by atoms with E-state index in [-0.39, 0.29) is 0 Å². The number of nitrogens with zero attached hydrogens (tertiary/aromatic N) is 1. The number of ether oxygens (including phenoxy) is 2. The Balaban J connectivity index is 1.66. The molecule has 0 unspecified atom stereocenters. The SMILES string of the molecule is COc1ccc(OCCNC2=NCCCCN2)cc1. The van der Waals surface area contributed by atoms with Gasteiger partial charge in [-0.1, -0.05) is 0 Å². The summed E-state index contributed by atoms with van der Waals surface area (Å²) in [5.41, 5.74) is 0. The van der Waals surface area contributed by atoms with Crippen molar-refractivity contribution in [2.75, 3.05) is 33.4 Å². The lowest BCUT2D eigenvalue weighted by Gasteiger charge is -2.11. The van der Waals surface area contributed by atoms with Gasteiger partial charge in [0.1, 0.15) is 18.1 Å². The third-order valence-corrected chi connectivity index (χ3v) is 2.87. The van der Waals surface area contributed by atoms with E-state index in [1.54, 1.807) is 7.11 Å². The van der Waals surface area contributed by atoms with Crippen molar-refractivity contribution in [3.05, 3.63) is 24.3 Å². The molecule has 0 aromatic heterocycles. The van der Waals surface area contributed by atoms with Gasteiger partial charge in [0.05, 0.1) is 13.7 Å². The van der Waals surface area contributed by atoms with E-state index in [1.165, 1.54) is 6.42 Å². The summed E-state index contributed by atoms with van der Waals surface area (Å²) in [5.74, 6) is 2.57. The summed E-state index contributed by atoms with van der Waals surface area (Å²) >= 11 is 0. The quantitative estimate of drug-likeness (QED) is 0.789. The van der Waals surface area contributed by atoms with E-state index in [9.17, 15) is 0 Å². The summed E-state index contributed by atoms with van der Waals surface area (Å²) in [5, 5.41) is 6.51. The lowest BCUT2D eigenvalue weighted by atomic mass is 10.3. The van der Waals surface area contributed by atoms with Crippen LogP contribution in [0.3, 0.4) is 0 Å². The molecule has 2 rings (SSSR count). The second-order valence-corrected chi connectivity index (χ2v) is 4.31. The van der Waals surface area contributed by atoms with E-state index in [0.717, 1.165) is 43.5 Å². The highest BCUT2D eigenvalue weighted by Gasteiger charge is 2.01. The maximum absolute atomic E-state index is 5.63. The van der Waals surface area contributed by atoms with Crippen LogP contribution in [-0.2, 0) is 0 Å². The van der Waals surface area contributed by atoms with E-state index >= 15 is 0 Å². The number of aliphatic imine (C=N–C) groups is 1. The number of methoxy groups -OCH3 is 1. The van der Waals surface area contributed by atoms with Crippen molar-refractivity contribution in [3.8, 4) is 11.5 Å². The molecule has 5 heteroatoms. The first-order valence-corrected chi connectivity index (χ1v) is 6.67. The van der Waals surface area contributed by atoms with Crippen LogP contribution in [0.25, 0.3) is 0 Å². The molecule has 104 valence electrons. The van der Waals surface area contributed by atoms with Gasteiger partial charge < -0.3 is 20.1 Å². The highest BCUT2D eigenvalue weighted by molar-refractivity contribution is 5.79. The molecule has 0 spiro atoms. The van der Waals surface area contributed by atoms with Crippen LogP contribution in [0.4, 0.5) is 0 Å². The topological polar surface area (TPSA) is 54.9 Å². The minimum Gasteiger partial charge on any atom is -0.497 e. The Labute approximate surface area is 114 Å². The van der Waals surface area contributed by atoms with E-state index in [0.29, 0.717) is 6.61 Å². The number of rotatable bonds is 5. The first kappa shape index (κ1) is 13.5. The Bertz CT molecular complexity index is 404. The molecule has 1 aliphatic rings. The van der Waals surface area contributed by atoms with Crippen LogP contribution in [0.1, 0.15) is 12.8 Å². The van der Waals surface area contributed by atoms with Crippen LogP contribution in [0.2, 0.25) is 0 Å². The van der Waals surface area contributed by atoms with Gasteiger partial charge in [-0.05, 0) is 37.1 Å². The van der Waals surface area contributed by atoms with Crippen molar-refractivity contribution in [2.24, 2.45) is 4.99 Å². The molecule has 0 bridgehead atoms. The minimum absolute atomic E-state index is 0.604. The molecule has 5 nitrogen and oxygen atoms in total. The first-order valence-electron chi connectivity index (χ1n) is 6.67. The third kappa shape index (κ3) is 4.69. The second kappa shape index (κ2) is 7.51. The summed E-state index contributed by atoms with van der Waals surface area (Å²) in [6.45, 7) is 3.23. The molecule has 0 amide bonds. The van der Waals surface area contributed by atoms with Gasteiger partial charge in [-0.15, -0.1) is 0 Å². The molecule has 2 N–H and O–H groups in total. The Morgan fingerprint density at radius 1 is 1.21 bits per heavy atom. The molecule has 0 saturated carbocycles. The first-order chi connectivity index (χ1) is 9.38. The maximum atomic E-state index is 5.63. The second-order valence-electron chi connectivity index (χ2n) is 4.31. The summed E-state index contributed by atoms with van der Waals surface area (Å²) in [6, 6.07) is 7.58. The van der Waals surface area contributed by atoms with Gasteiger partial charge in [0, 0.05) is 13.1 Å². The summed E-state index contributed by atoms with van der Waals surface area (Å²) in [6.07, 6.45) is 2.33. The van der Waals surface area contributed by atoms with Gasteiger partial charge in [-0.3, -0.25) is 4.99 Å². The summed E-state index contributed by atoms with van der Waals surface area (Å²) in [7, 11) is 1.65. The third-order valence-electron chi connectivity index (χ3n) is 2.87. The summed E-state index contributed by atoms with van der Waals surface area (Å²) < 4.78 is 10.7. The van der Waals surface area contributed by atoms with Gasteiger partial charge in [-0.25, -0.2) is 0 Å². The van der Waals surface area contributed by atoms with Crippen molar-refractivity contribution in [2.45, 2.75) is 12.8 Å². The molecule has 0 fully saturated rings. The molecule has 0 atom stereocenters. The maximum Gasteiger partial charge on any atom is 0.191 e. The van der Waals surface area contributed by atoms with Crippen molar-refractivity contribution in [3.63, 3.8) is 0 Å². The van der Waals surface area contributed by atoms with Crippen LogP contribution >= 0.6 is 0 Å². The number of hydrogen-bond acceptors (Lipinski definition) is 5. The van der Waals surface area contributed by atoms with Crippen molar-refractivity contribution >= 4 is 5.96 Å². The molecule has 19 heavy (non-hydrogen) atoms. The van der Waals surface area contributed by atoms with Crippen molar-refractivity contribution in [1.82, 2.24) is 10.6 Å². The zero-order chi connectivity index (χ0) is 13.3. The number of benzene rings is 1. The highest BCUT2D eigenvalue weighted by Crippen LogP contribution is 2.16. The Morgan fingerprint density at radius 2 is 2.00 bits per heavy atom. The summed E-state index contributed by atoms with van der Waals surface area (Å²) in [4.78, 5) is 4.41. The zero-order valence-electron chi connectivity index (χ0n) is 11.3. The molecule has 1 heterocycles. The number of hydrogen-bond donors (Lipinski definition) is 2. The normalized spacial score (nSPS) is 14.9. The average molecular weight is 263 g/mol. The zero-order valence-corrected chi connectivity index (χ0v) is 11.3. The fraction of sp³-hybridized carbons (Fsp3) is 0.500. The van der Waals surface area contributed by atoms with Crippen LogP contribution in [0.15, 0.2) is 29.3 Å². The average Bonchev–Trinajstić information content (AvgIpc) is 2.73. The smallest absolute Gasteiger partial charge is 0.191 e. The molecule has 0 aliphatic carbocycles. The van der Waals surface area contributed by atoms with E-state index < -0.39 is 0 Å². The van der Waals surface area contributed by atoms with Gasteiger partial charge in [-0.2, -0.15) is 0 Å². The molecule has 0 radical (unpaired) electrons. The van der Waals surface area contributed by atoms with E-state index in [2.05, 4.69) is 15.6 Å². The Morgan fingerprint density at radius 3 is 2.79 bits per heavy atom. The van der Waals surface area contributed by atoms with Crippen LogP contribution in [0.5, 0.6) is 11.5 Å². The lowest BCUT2D eigenvalue weighted by Crippen LogP contribution is -2.39. The predicted octanol–water partition coefficient (Wildman–Crippen LogP) is 1.40. The monoisotopic (exact) mass is 263 g/mol. The molecule has 1 aliphatic heterocycles. The standard InChI is InChI=1S/C14H21N3O2/c1-18-12-4-6-13(7-5-12)19-11-10-17-14-15-8-2-3-9-16-14/h4-7H,2-3,8-11H2,1H3,(H2,15,16,17). The number of nitrogens with one attached hydrogen (secondary N) is 2. The molecular formula is C14H21N3O2. The van der Waals surface area contributed by atoms with Crippen molar-refractivity contribution < 1.29 is 9.47 Å². The lowest BCUT2D eigenvalue weighted by molar-refractivity contribution is 0.321. The highest BCUT2D eigenvalue weighted by atomic mass is 16.5. The van der Waals surface area contributed by atoms with Crippen molar-refractivity contribution in [1.29, 1.82) is 0 Å². The van der Waals surface area contributed by atoms with Gasteiger partial charge in [0.2, 0.25) is 0 Å². The van der Waals surface area contributed by atoms with Crippen LogP contribution in [0, 0.1) is 0 Å². The van der Waals surface area contributed by atoms with Crippen LogP contribution < -0.4 is 20.1 Å². The molecular weight excluding hydrogens is 242 g/mol. The fourth-order valence-corrected chi connectivity index (χ4v) is 1.82.